The second-order valence-electron chi connectivity index (χ2n) is 4.67. The molecule has 2 aliphatic rings. The summed E-state index contributed by atoms with van der Waals surface area (Å²) in [4.78, 5) is 34.4. The summed E-state index contributed by atoms with van der Waals surface area (Å²) in [7, 11) is 0. The molecule has 6 heteroatoms. The zero-order valence-electron chi connectivity index (χ0n) is 8.98. The molecule has 3 atom stereocenters. The Bertz CT molecular complexity index is 389. The van der Waals surface area contributed by atoms with Gasteiger partial charge in [0.05, 0.1) is 17.3 Å². The predicted molar refractivity (Wildman–Crippen MR) is 48.6 cm³/mol. The molecule has 0 amide bonds. The molecule has 0 aromatic rings. The van der Waals surface area contributed by atoms with Crippen molar-refractivity contribution in [2.24, 2.45) is 10.8 Å². The van der Waals surface area contributed by atoms with E-state index >= 15 is 0 Å². The normalized spacial score (nSPS) is 43.4. The van der Waals surface area contributed by atoms with Crippen molar-refractivity contribution < 1.29 is 29.0 Å². The van der Waals surface area contributed by atoms with Crippen LogP contribution >= 0.6 is 0 Å². The lowest BCUT2D eigenvalue weighted by atomic mass is 9.63. The molecule has 0 bridgehead atoms. The Morgan fingerprint density at radius 3 is 2.19 bits per heavy atom. The standard InChI is InChI=1S/C10H12O6/c1-9(3-5(11)15-7(9)13)10(2)4-6(12)16-8(10)14/h5,11H,3-4H2,1-2H3. The van der Waals surface area contributed by atoms with Crippen LogP contribution in [0.25, 0.3) is 0 Å². The van der Waals surface area contributed by atoms with Gasteiger partial charge in [-0.2, -0.15) is 0 Å². The van der Waals surface area contributed by atoms with Crippen LogP contribution in [0.4, 0.5) is 0 Å². The molecular weight excluding hydrogens is 216 g/mol. The number of aliphatic hydroxyl groups is 1. The van der Waals surface area contributed by atoms with Crippen molar-refractivity contribution in [2.75, 3.05) is 0 Å². The SMILES string of the molecule is CC1(C2(C)CC(O)OC2=O)CC(=O)OC1=O. The number of ether oxygens (including phenoxy) is 2. The van der Waals surface area contributed by atoms with Gasteiger partial charge in [0.2, 0.25) is 6.29 Å². The third kappa shape index (κ3) is 1.19. The number of hydrogen-bond acceptors (Lipinski definition) is 6. The van der Waals surface area contributed by atoms with Crippen molar-refractivity contribution in [1.29, 1.82) is 0 Å². The van der Waals surface area contributed by atoms with Crippen molar-refractivity contribution in [2.45, 2.75) is 33.0 Å². The lowest BCUT2D eigenvalue weighted by Gasteiger charge is -2.32. The monoisotopic (exact) mass is 228 g/mol. The van der Waals surface area contributed by atoms with Crippen LogP contribution in [0, 0.1) is 10.8 Å². The van der Waals surface area contributed by atoms with Gasteiger partial charge in [-0.1, -0.05) is 0 Å². The van der Waals surface area contributed by atoms with E-state index in [1.54, 1.807) is 0 Å². The molecule has 2 aliphatic heterocycles. The second kappa shape index (κ2) is 3.04. The molecule has 0 aromatic heterocycles. The molecule has 0 aromatic carbocycles. The van der Waals surface area contributed by atoms with E-state index in [0.717, 1.165) is 0 Å². The molecule has 88 valence electrons. The minimum absolute atomic E-state index is 0.00921. The van der Waals surface area contributed by atoms with Gasteiger partial charge in [-0.15, -0.1) is 0 Å². The van der Waals surface area contributed by atoms with Crippen LogP contribution in [-0.4, -0.2) is 29.3 Å². The number of aliphatic hydroxyl groups excluding tert-OH is 1. The maximum atomic E-state index is 11.6. The quantitative estimate of drug-likeness (QED) is 0.491. The van der Waals surface area contributed by atoms with Gasteiger partial charge in [-0.25, -0.2) is 0 Å². The molecule has 2 fully saturated rings. The average Bonchev–Trinajstić information content (AvgIpc) is 2.54. The number of carbonyl (C=O) groups is 3. The summed E-state index contributed by atoms with van der Waals surface area (Å²) in [6, 6.07) is 0. The zero-order valence-corrected chi connectivity index (χ0v) is 8.98. The van der Waals surface area contributed by atoms with E-state index < -0.39 is 35.0 Å². The molecular formula is C10H12O6. The number of cyclic esters (lactones) is 3. The first-order valence-electron chi connectivity index (χ1n) is 4.94. The van der Waals surface area contributed by atoms with Crippen molar-refractivity contribution in [3.63, 3.8) is 0 Å². The maximum absolute atomic E-state index is 11.6. The van der Waals surface area contributed by atoms with Crippen LogP contribution < -0.4 is 0 Å². The van der Waals surface area contributed by atoms with Gasteiger partial charge < -0.3 is 14.6 Å². The largest absolute Gasteiger partial charge is 0.435 e. The molecule has 2 saturated heterocycles. The fourth-order valence-corrected chi connectivity index (χ4v) is 2.21. The van der Waals surface area contributed by atoms with Crippen molar-refractivity contribution in [1.82, 2.24) is 0 Å². The molecule has 0 saturated carbocycles. The Morgan fingerprint density at radius 1 is 1.19 bits per heavy atom. The van der Waals surface area contributed by atoms with E-state index in [4.69, 9.17) is 0 Å². The lowest BCUT2D eigenvalue weighted by Crippen LogP contribution is -2.44. The number of esters is 3. The number of hydrogen-bond donors (Lipinski definition) is 1. The van der Waals surface area contributed by atoms with E-state index in [1.165, 1.54) is 13.8 Å². The van der Waals surface area contributed by atoms with Crippen molar-refractivity contribution >= 4 is 17.9 Å². The first-order valence-corrected chi connectivity index (χ1v) is 4.94. The molecule has 1 N–H and O–H groups in total. The molecule has 6 nitrogen and oxygen atoms in total. The van der Waals surface area contributed by atoms with Crippen LogP contribution in [0.3, 0.4) is 0 Å². The van der Waals surface area contributed by atoms with Crippen molar-refractivity contribution in [3.05, 3.63) is 0 Å². The van der Waals surface area contributed by atoms with Crippen molar-refractivity contribution in [3.8, 4) is 0 Å². The van der Waals surface area contributed by atoms with Gasteiger partial charge in [-0.3, -0.25) is 14.4 Å². The van der Waals surface area contributed by atoms with Crippen LogP contribution in [0.1, 0.15) is 26.7 Å². The zero-order chi connectivity index (χ0) is 12.1. The average molecular weight is 228 g/mol. The third-order valence-corrected chi connectivity index (χ3v) is 3.65. The van der Waals surface area contributed by atoms with E-state index in [-0.39, 0.29) is 12.8 Å². The number of carbonyl (C=O) groups excluding carboxylic acids is 3. The van der Waals surface area contributed by atoms with E-state index in [1.807, 2.05) is 0 Å². The highest BCUT2D eigenvalue weighted by molar-refractivity contribution is 6.01. The first-order chi connectivity index (χ1) is 7.29. The van der Waals surface area contributed by atoms with Crippen LogP contribution in [0.5, 0.6) is 0 Å². The molecule has 3 unspecified atom stereocenters. The highest BCUT2D eigenvalue weighted by Gasteiger charge is 2.64. The Labute approximate surface area is 91.5 Å². The van der Waals surface area contributed by atoms with E-state index in [0.29, 0.717) is 0 Å². The lowest BCUT2D eigenvalue weighted by molar-refractivity contribution is -0.167. The molecule has 2 rings (SSSR count). The Kier molecular flexibility index (Phi) is 2.10. The number of rotatable bonds is 1. The predicted octanol–water partition coefficient (Wildman–Crippen LogP) is -0.262. The van der Waals surface area contributed by atoms with E-state index in [2.05, 4.69) is 9.47 Å². The summed E-state index contributed by atoms with van der Waals surface area (Å²) in [5, 5.41) is 9.28. The van der Waals surface area contributed by atoms with Gasteiger partial charge in [0.1, 0.15) is 0 Å². The minimum atomic E-state index is -1.25. The Hall–Kier alpha value is -1.43. The van der Waals surface area contributed by atoms with Gasteiger partial charge in [0.15, 0.2) is 0 Å². The van der Waals surface area contributed by atoms with Crippen LogP contribution in [0.2, 0.25) is 0 Å². The maximum Gasteiger partial charge on any atom is 0.321 e. The Morgan fingerprint density at radius 2 is 1.81 bits per heavy atom. The van der Waals surface area contributed by atoms with Gasteiger partial charge >= 0.3 is 17.9 Å². The smallest absolute Gasteiger partial charge is 0.321 e. The van der Waals surface area contributed by atoms with Crippen LogP contribution in [-0.2, 0) is 23.9 Å². The fourth-order valence-electron chi connectivity index (χ4n) is 2.21. The highest BCUT2D eigenvalue weighted by atomic mass is 16.6. The van der Waals surface area contributed by atoms with Crippen LogP contribution in [0.15, 0.2) is 0 Å². The third-order valence-electron chi connectivity index (χ3n) is 3.65. The topological polar surface area (TPSA) is 89.9 Å². The molecule has 0 radical (unpaired) electrons. The summed E-state index contributed by atoms with van der Waals surface area (Å²) < 4.78 is 9.11. The summed E-state index contributed by atoms with van der Waals surface area (Å²) in [5.41, 5.74) is -2.46. The van der Waals surface area contributed by atoms with Gasteiger partial charge in [-0.05, 0) is 13.8 Å². The molecule has 16 heavy (non-hydrogen) atoms. The highest BCUT2D eigenvalue weighted by Crippen LogP contribution is 2.52. The fraction of sp³-hybridized carbons (Fsp3) is 0.700. The summed E-state index contributed by atoms with van der Waals surface area (Å²) >= 11 is 0. The molecule has 0 spiro atoms. The summed E-state index contributed by atoms with van der Waals surface area (Å²) in [5.74, 6) is -2.05. The second-order valence-corrected chi connectivity index (χ2v) is 4.67. The molecule has 2 heterocycles. The van der Waals surface area contributed by atoms with E-state index in [9.17, 15) is 19.5 Å². The van der Waals surface area contributed by atoms with Gasteiger partial charge in [0, 0.05) is 6.42 Å². The van der Waals surface area contributed by atoms with Gasteiger partial charge in [0.25, 0.3) is 0 Å². The summed E-state index contributed by atoms with van der Waals surface area (Å²) in [6.07, 6.45) is -1.40. The first kappa shape index (κ1) is 11.1. The molecule has 0 aliphatic carbocycles. The Balaban J connectivity index is 2.40. The summed E-state index contributed by atoms with van der Waals surface area (Å²) in [6.45, 7) is 2.99. The minimum Gasteiger partial charge on any atom is -0.435 e.